The zero-order chi connectivity index (χ0) is 17.3. The van der Waals surface area contributed by atoms with Gasteiger partial charge in [0.25, 0.3) is 0 Å². The van der Waals surface area contributed by atoms with Crippen LogP contribution in [-0.4, -0.2) is 25.0 Å². The Morgan fingerprint density at radius 1 is 0.731 bits per heavy atom. The van der Waals surface area contributed by atoms with E-state index >= 15 is 0 Å². The number of benzene rings is 2. The van der Waals surface area contributed by atoms with Gasteiger partial charge in [0.05, 0.1) is 0 Å². The monoisotopic (exact) mass is 392 g/mol. The minimum absolute atomic E-state index is 0. The molecule has 2 aromatic rings. The van der Waals surface area contributed by atoms with Crippen LogP contribution in [0.25, 0.3) is 0 Å². The summed E-state index contributed by atoms with van der Waals surface area (Å²) in [5.74, 6) is 1.41. The van der Waals surface area contributed by atoms with Gasteiger partial charge in [-0.3, -0.25) is 0 Å². The van der Waals surface area contributed by atoms with Crippen molar-refractivity contribution >= 4 is 11.8 Å². The summed E-state index contributed by atoms with van der Waals surface area (Å²) in [6.07, 6.45) is 0. The maximum absolute atomic E-state index is 5.93. The van der Waals surface area contributed by atoms with E-state index in [-0.39, 0.29) is 28.6 Å². The van der Waals surface area contributed by atoms with E-state index in [4.69, 9.17) is 19.5 Å². The van der Waals surface area contributed by atoms with Crippen LogP contribution in [0, 0.1) is 5.41 Å². The van der Waals surface area contributed by atoms with Gasteiger partial charge in [-0.1, -0.05) is 60.7 Å². The van der Waals surface area contributed by atoms with E-state index in [0.29, 0.717) is 25.0 Å². The fourth-order valence-electron chi connectivity index (χ4n) is 3.21. The van der Waals surface area contributed by atoms with Crippen molar-refractivity contribution in [1.82, 2.24) is 0 Å². The SMILES string of the molecule is CC(C)(C1=NC(c2ccccc2)CO1)C1=NC(c2ccccc2)CO1.[Ni+2]. The summed E-state index contributed by atoms with van der Waals surface area (Å²) in [6.45, 7) is 5.26. The Bertz CT molecular complexity index is 736. The Hall–Kier alpha value is -2.13. The summed E-state index contributed by atoms with van der Waals surface area (Å²) >= 11 is 0. The van der Waals surface area contributed by atoms with Crippen molar-refractivity contribution in [1.29, 1.82) is 0 Å². The predicted octanol–water partition coefficient (Wildman–Crippen LogP) is 4.35. The van der Waals surface area contributed by atoms with E-state index in [1.807, 2.05) is 36.4 Å². The summed E-state index contributed by atoms with van der Waals surface area (Å²) in [4.78, 5) is 9.61. The van der Waals surface area contributed by atoms with Crippen LogP contribution in [0.3, 0.4) is 0 Å². The molecule has 0 bridgehead atoms. The molecule has 4 nitrogen and oxygen atoms in total. The topological polar surface area (TPSA) is 43.2 Å². The molecule has 2 aromatic carbocycles. The standard InChI is InChI=1S/C21H22N2O2.Ni/c1-21(2,19-22-17(13-24-19)15-9-5-3-6-10-15)20-23-18(14-25-20)16-11-7-4-8-12-16;/h3-12,17-18H,13-14H2,1-2H3;/q;+2. The molecule has 0 spiro atoms. The van der Waals surface area contributed by atoms with Crippen molar-refractivity contribution < 1.29 is 26.0 Å². The molecule has 0 aliphatic carbocycles. The third kappa shape index (κ3) is 3.54. The van der Waals surface area contributed by atoms with E-state index in [2.05, 4.69) is 38.1 Å². The first kappa shape index (κ1) is 18.7. The molecule has 2 unspecified atom stereocenters. The number of aliphatic imine (C=N–C) groups is 2. The molecule has 0 radical (unpaired) electrons. The summed E-state index contributed by atoms with van der Waals surface area (Å²) in [5, 5.41) is 0. The Labute approximate surface area is 164 Å². The first-order valence-corrected chi connectivity index (χ1v) is 8.66. The Balaban J connectivity index is 0.00000196. The van der Waals surface area contributed by atoms with Gasteiger partial charge < -0.3 is 9.47 Å². The van der Waals surface area contributed by atoms with Crippen LogP contribution in [0.15, 0.2) is 70.6 Å². The van der Waals surface area contributed by atoms with Crippen molar-refractivity contribution in [2.24, 2.45) is 15.4 Å². The van der Waals surface area contributed by atoms with Crippen LogP contribution in [0.2, 0.25) is 0 Å². The fourth-order valence-corrected chi connectivity index (χ4v) is 3.21. The summed E-state index contributed by atoms with van der Waals surface area (Å²) < 4.78 is 11.9. The molecule has 0 fully saturated rings. The van der Waals surface area contributed by atoms with Gasteiger partial charge in [0.1, 0.15) is 30.7 Å². The number of hydrogen-bond acceptors (Lipinski definition) is 4. The maximum Gasteiger partial charge on any atom is 2.00 e. The molecule has 0 saturated carbocycles. The molecule has 2 heterocycles. The molecule has 4 rings (SSSR count). The molecule has 0 amide bonds. The summed E-state index contributed by atoms with van der Waals surface area (Å²) in [5.41, 5.74) is 1.88. The Kier molecular flexibility index (Phi) is 5.48. The van der Waals surface area contributed by atoms with Crippen molar-refractivity contribution in [2.45, 2.75) is 25.9 Å². The minimum Gasteiger partial charge on any atom is -0.478 e. The van der Waals surface area contributed by atoms with Gasteiger partial charge in [-0.2, -0.15) is 0 Å². The molecule has 2 atom stereocenters. The normalized spacial score (nSPS) is 21.9. The van der Waals surface area contributed by atoms with Crippen LogP contribution in [0.1, 0.15) is 37.1 Å². The van der Waals surface area contributed by atoms with E-state index in [1.165, 1.54) is 11.1 Å². The van der Waals surface area contributed by atoms with Crippen molar-refractivity contribution in [3.8, 4) is 0 Å². The van der Waals surface area contributed by atoms with Crippen LogP contribution in [-0.2, 0) is 26.0 Å². The van der Waals surface area contributed by atoms with Gasteiger partial charge in [-0.05, 0) is 25.0 Å². The molecule has 0 aromatic heterocycles. The first-order valence-electron chi connectivity index (χ1n) is 8.66. The molecular weight excluding hydrogens is 371 g/mol. The van der Waals surface area contributed by atoms with Crippen LogP contribution in [0.4, 0.5) is 0 Å². The first-order chi connectivity index (χ1) is 12.1. The molecule has 2 aliphatic heterocycles. The van der Waals surface area contributed by atoms with E-state index in [1.54, 1.807) is 0 Å². The van der Waals surface area contributed by atoms with E-state index < -0.39 is 5.41 Å². The second-order valence-electron chi connectivity index (χ2n) is 6.97. The van der Waals surface area contributed by atoms with Gasteiger partial charge in [0, 0.05) is 0 Å². The minimum atomic E-state index is -0.465. The molecule has 0 N–H and O–H groups in total. The smallest absolute Gasteiger partial charge is 0.478 e. The predicted molar refractivity (Wildman–Crippen MR) is 98.9 cm³/mol. The molecule has 26 heavy (non-hydrogen) atoms. The zero-order valence-corrected chi connectivity index (χ0v) is 15.9. The van der Waals surface area contributed by atoms with Crippen LogP contribution in [0.5, 0.6) is 0 Å². The summed E-state index contributed by atoms with van der Waals surface area (Å²) in [6, 6.07) is 20.6. The van der Waals surface area contributed by atoms with E-state index in [0.717, 1.165) is 0 Å². The molecule has 5 heteroatoms. The number of rotatable bonds is 4. The average molecular weight is 393 g/mol. The molecule has 2 aliphatic rings. The van der Waals surface area contributed by atoms with Crippen LogP contribution < -0.4 is 0 Å². The Morgan fingerprint density at radius 2 is 1.12 bits per heavy atom. The van der Waals surface area contributed by atoms with Crippen molar-refractivity contribution in [3.63, 3.8) is 0 Å². The van der Waals surface area contributed by atoms with Gasteiger partial charge >= 0.3 is 16.5 Å². The van der Waals surface area contributed by atoms with Gasteiger partial charge in [-0.25, -0.2) is 9.98 Å². The van der Waals surface area contributed by atoms with Crippen molar-refractivity contribution in [2.75, 3.05) is 13.2 Å². The van der Waals surface area contributed by atoms with Crippen LogP contribution >= 0.6 is 0 Å². The summed E-state index contributed by atoms with van der Waals surface area (Å²) in [7, 11) is 0. The zero-order valence-electron chi connectivity index (χ0n) is 14.9. The fraction of sp³-hybridized carbons (Fsp3) is 0.333. The number of nitrogens with zero attached hydrogens (tertiary/aromatic N) is 2. The third-order valence-electron chi connectivity index (χ3n) is 4.74. The molecule has 0 saturated heterocycles. The second kappa shape index (κ2) is 7.63. The van der Waals surface area contributed by atoms with Crippen molar-refractivity contribution in [3.05, 3.63) is 71.8 Å². The quantitative estimate of drug-likeness (QED) is 0.726. The maximum atomic E-state index is 5.93. The largest absolute Gasteiger partial charge is 2.00 e. The molecular formula is C21H22N2NiO2+2. The van der Waals surface area contributed by atoms with Gasteiger partial charge in [0.2, 0.25) is 0 Å². The third-order valence-corrected chi connectivity index (χ3v) is 4.74. The Morgan fingerprint density at radius 3 is 1.50 bits per heavy atom. The molecule has 136 valence electrons. The van der Waals surface area contributed by atoms with E-state index in [9.17, 15) is 0 Å². The van der Waals surface area contributed by atoms with Gasteiger partial charge in [-0.15, -0.1) is 0 Å². The number of ether oxygens (including phenoxy) is 2. The second-order valence-corrected chi connectivity index (χ2v) is 6.97. The van der Waals surface area contributed by atoms with Gasteiger partial charge in [0.15, 0.2) is 11.8 Å². The average Bonchev–Trinajstić information content (AvgIpc) is 3.34. The number of hydrogen-bond donors (Lipinski definition) is 0.